The summed E-state index contributed by atoms with van der Waals surface area (Å²) in [5, 5.41) is 7.62. The van der Waals surface area contributed by atoms with Gasteiger partial charge in [-0.3, -0.25) is 18.8 Å². The number of carbonyl (C=O) groups is 1. The number of nitrogens with zero attached hydrogens (tertiary/aromatic N) is 6. The fraction of sp³-hybridized carbons (Fsp3) is 0.389. The van der Waals surface area contributed by atoms with Gasteiger partial charge < -0.3 is 4.90 Å². The van der Waals surface area contributed by atoms with Crippen LogP contribution in [0.2, 0.25) is 0 Å². The zero-order chi connectivity index (χ0) is 20.8. The average Bonchev–Trinajstić information content (AvgIpc) is 3.31. The number of aryl methyl sites for hydroxylation is 1. The molecule has 4 rings (SSSR count). The molecule has 1 aliphatic heterocycles. The summed E-state index contributed by atoms with van der Waals surface area (Å²) in [6.45, 7) is -1.14. The van der Waals surface area contributed by atoms with Crippen LogP contribution in [0.15, 0.2) is 35.3 Å². The minimum atomic E-state index is -4.61. The van der Waals surface area contributed by atoms with Gasteiger partial charge in [0.25, 0.3) is 11.5 Å². The van der Waals surface area contributed by atoms with Crippen LogP contribution in [-0.4, -0.2) is 48.1 Å². The SMILES string of the molecule is Cn1cc(C(=O)N2CCCC2c2nc3ccccc3c(=O)n2CC(F)(F)F)nn1. The monoisotopic (exact) mass is 406 g/mol. The molecule has 1 atom stereocenters. The van der Waals surface area contributed by atoms with Gasteiger partial charge in [-0.05, 0) is 25.0 Å². The van der Waals surface area contributed by atoms with Crippen molar-refractivity contribution in [3.63, 3.8) is 0 Å². The molecule has 0 spiro atoms. The van der Waals surface area contributed by atoms with E-state index in [1.165, 1.54) is 21.8 Å². The quantitative estimate of drug-likeness (QED) is 0.665. The summed E-state index contributed by atoms with van der Waals surface area (Å²) in [4.78, 5) is 31.5. The van der Waals surface area contributed by atoms with Gasteiger partial charge >= 0.3 is 6.18 Å². The number of aromatic nitrogens is 5. The number of alkyl halides is 3. The van der Waals surface area contributed by atoms with Gasteiger partial charge in [0.05, 0.1) is 23.1 Å². The zero-order valence-electron chi connectivity index (χ0n) is 15.4. The van der Waals surface area contributed by atoms with Crippen LogP contribution in [-0.2, 0) is 13.6 Å². The molecule has 2 aromatic heterocycles. The number of carbonyl (C=O) groups excluding carboxylic acids is 1. The van der Waals surface area contributed by atoms with Crippen LogP contribution in [0.4, 0.5) is 13.2 Å². The second-order valence-corrected chi connectivity index (χ2v) is 6.93. The largest absolute Gasteiger partial charge is 0.406 e. The summed E-state index contributed by atoms with van der Waals surface area (Å²) in [7, 11) is 1.61. The third kappa shape index (κ3) is 3.59. The standard InChI is InChI=1S/C18H17F3N6O2/c1-25-9-13(23-24-25)17(29)26-8-4-7-14(26)15-22-12-6-3-2-5-11(12)16(28)27(15)10-18(19,20)21/h2-3,5-6,9,14H,4,7-8,10H2,1H3. The summed E-state index contributed by atoms with van der Waals surface area (Å²) < 4.78 is 41.7. The first-order valence-corrected chi connectivity index (χ1v) is 8.98. The van der Waals surface area contributed by atoms with Crippen LogP contribution >= 0.6 is 0 Å². The van der Waals surface area contributed by atoms with Gasteiger partial charge in [0, 0.05) is 13.6 Å². The van der Waals surface area contributed by atoms with Gasteiger partial charge in [-0.2, -0.15) is 13.2 Å². The van der Waals surface area contributed by atoms with Gasteiger partial charge in [-0.15, -0.1) is 5.10 Å². The van der Waals surface area contributed by atoms with Crippen molar-refractivity contribution < 1.29 is 18.0 Å². The molecule has 0 radical (unpaired) electrons. The number of amides is 1. The molecule has 1 aliphatic rings. The Morgan fingerprint density at radius 2 is 2.03 bits per heavy atom. The Morgan fingerprint density at radius 3 is 2.72 bits per heavy atom. The van der Waals surface area contributed by atoms with E-state index >= 15 is 0 Å². The lowest BCUT2D eigenvalue weighted by Gasteiger charge is -2.26. The first-order chi connectivity index (χ1) is 13.7. The smallest absolute Gasteiger partial charge is 0.327 e. The molecule has 1 saturated heterocycles. The van der Waals surface area contributed by atoms with Crippen molar-refractivity contribution in [3.05, 3.63) is 52.3 Å². The summed E-state index contributed by atoms with van der Waals surface area (Å²) in [5.74, 6) is -0.526. The molecule has 0 bridgehead atoms. The highest BCUT2D eigenvalue weighted by Crippen LogP contribution is 2.33. The number of likely N-dealkylation sites (tertiary alicyclic amines) is 1. The maximum absolute atomic E-state index is 13.2. The summed E-state index contributed by atoms with van der Waals surface area (Å²) in [6.07, 6.45) is -2.20. The maximum Gasteiger partial charge on any atom is 0.406 e. The van der Waals surface area contributed by atoms with Gasteiger partial charge in [0.1, 0.15) is 12.4 Å². The number of rotatable bonds is 3. The number of hydrogen-bond donors (Lipinski definition) is 0. The van der Waals surface area contributed by atoms with Gasteiger partial charge in [0.2, 0.25) is 0 Å². The highest BCUT2D eigenvalue weighted by atomic mass is 19.4. The molecule has 1 unspecified atom stereocenters. The molecule has 1 aromatic carbocycles. The molecule has 29 heavy (non-hydrogen) atoms. The molecule has 0 aliphatic carbocycles. The van der Waals surface area contributed by atoms with Crippen LogP contribution in [0.5, 0.6) is 0 Å². The van der Waals surface area contributed by atoms with E-state index in [1.807, 2.05) is 0 Å². The topological polar surface area (TPSA) is 85.9 Å². The number of hydrogen-bond acceptors (Lipinski definition) is 5. The maximum atomic E-state index is 13.2. The highest BCUT2D eigenvalue weighted by Gasteiger charge is 2.37. The first kappa shape index (κ1) is 19.1. The molecule has 11 heteroatoms. The van der Waals surface area contributed by atoms with Crippen molar-refractivity contribution in [2.75, 3.05) is 6.54 Å². The van der Waals surface area contributed by atoms with E-state index in [2.05, 4.69) is 15.3 Å². The lowest BCUT2D eigenvalue weighted by molar-refractivity contribution is -0.141. The van der Waals surface area contributed by atoms with Crippen LogP contribution in [0, 0.1) is 0 Å². The normalized spacial score (nSPS) is 17.2. The van der Waals surface area contributed by atoms with E-state index in [9.17, 15) is 22.8 Å². The van der Waals surface area contributed by atoms with Crippen molar-refractivity contribution in [1.29, 1.82) is 0 Å². The van der Waals surface area contributed by atoms with Crippen molar-refractivity contribution in [2.45, 2.75) is 31.6 Å². The summed E-state index contributed by atoms with van der Waals surface area (Å²) in [6, 6.07) is 5.48. The van der Waals surface area contributed by atoms with Crippen LogP contribution in [0.25, 0.3) is 10.9 Å². The van der Waals surface area contributed by atoms with Crippen molar-refractivity contribution in [3.8, 4) is 0 Å². The van der Waals surface area contributed by atoms with Crippen molar-refractivity contribution in [2.24, 2.45) is 7.05 Å². The van der Waals surface area contributed by atoms with Crippen LogP contribution in [0.3, 0.4) is 0 Å². The van der Waals surface area contributed by atoms with E-state index in [1.54, 1.807) is 25.2 Å². The Labute approximate surface area is 162 Å². The van der Waals surface area contributed by atoms with E-state index in [4.69, 9.17) is 0 Å². The van der Waals surface area contributed by atoms with Gasteiger partial charge in [-0.1, -0.05) is 17.3 Å². The molecular formula is C18H17F3N6O2. The van der Waals surface area contributed by atoms with Crippen LogP contribution < -0.4 is 5.56 Å². The van der Waals surface area contributed by atoms with Gasteiger partial charge in [0.15, 0.2) is 5.69 Å². The third-order valence-electron chi connectivity index (χ3n) is 4.86. The predicted molar refractivity (Wildman–Crippen MR) is 96.1 cm³/mol. The van der Waals surface area contributed by atoms with E-state index < -0.39 is 30.2 Å². The highest BCUT2D eigenvalue weighted by molar-refractivity contribution is 5.92. The number of halogens is 3. The van der Waals surface area contributed by atoms with Crippen molar-refractivity contribution in [1.82, 2.24) is 29.4 Å². The first-order valence-electron chi connectivity index (χ1n) is 8.98. The van der Waals surface area contributed by atoms with Crippen LogP contribution in [0.1, 0.15) is 35.2 Å². The molecular weight excluding hydrogens is 389 g/mol. The lowest BCUT2D eigenvalue weighted by atomic mass is 10.1. The molecule has 0 saturated carbocycles. The third-order valence-corrected chi connectivity index (χ3v) is 4.86. The predicted octanol–water partition coefficient (Wildman–Crippen LogP) is 2.06. The summed E-state index contributed by atoms with van der Waals surface area (Å²) in [5.41, 5.74) is -0.392. The molecule has 1 amide bonds. The fourth-order valence-electron chi connectivity index (χ4n) is 3.64. The average molecular weight is 406 g/mol. The number of fused-ring (bicyclic) bond motifs is 1. The molecule has 152 valence electrons. The zero-order valence-corrected chi connectivity index (χ0v) is 15.4. The minimum absolute atomic E-state index is 0.0687. The van der Waals surface area contributed by atoms with E-state index in [0.717, 1.165) is 0 Å². The van der Waals surface area contributed by atoms with Gasteiger partial charge in [-0.25, -0.2) is 4.98 Å². The summed E-state index contributed by atoms with van der Waals surface area (Å²) >= 11 is 0. The Hall–Kier alpha value is -3.24. The fourth-order valence-corrected chi connectivity index (χ4v) is 3.64. The lowest BCUT2D eigenvalue weighted by Crippen LogP contribution is -2.38. The molecule has 3 heterocycles. The Bertz CT molecular complexity index is 1140. The molecule has 0 N–H and O–H groups in total. The molecule has 3 aromatic rings. The Kier molecular flexibility index (Phi) is 4.59. The molecule has 1 fully saturated rings. The second kappa shape index (κ2) is 6.98. The second-order valence-electron chi connectivity index (χ2n) is 6.93. The Balaban J connectivity index is 1.84. The number of benzene rings is 1. The number of para-hydroxylation sites is 1. The molecule has 8 nitrogen and oxygen atoms in total. The van der Waals surface area contributed by atoms with Crippen molar-refractivity contribution >= 4 is 16.8 Å². The van der Waals surface area contributed by atoms with E-state index in [0.29, 0.717) is 29.5 Å². The van der Waals surface area contributed by atoms with E-state index in [-0.39, 0.29) is 16.9 Å². The Morgan fingerprint density at radius 1 is 1.28 bits per heavy atom. The minimum Gasteiger partial charge on any atom is -0.327 e.